The molecule has 0 spiro atoms. The van der Waals surface area contributed by atoms with E-state index in [4.69, 9.17) is 0 Å². The third-order valence-corrected chi connectivity index (χ3v) is 6.21. The smallest absolute Gasteiger partial charge is 0.270 e. The summed E-state index contributed by atoms with van der Waals surface area (Å²) in [6.45, 7) is 4.60. The minimum absolute atomic E-state index is 0.0184. The quantitative estimate of drug-likeness (QED) is 0.528. The molecule has 0 unspecified atom stereocenters. The number of benzene rings is 1. The molecular weight excluding hydrogens is 453 g/mol. The van der Waals surface area contributed by atoms with Crippen molar-refractivity contribution in [2.45, 2.75) is 45.7 Å². The molecule has 182 valence electrons. The van der Waals surface area contributed by atoms with Crippen LogP contribution in [-0.2, 0) is 17.8 Å². The molecule has 2 amide bonds. The lowest BCUT2D eigenvalue weighted by atomic mass is 10.1. The normalized spacial score (nSPS) is 15.4. The van der Waals surface area contributed by atoms with E-state index in [2.05, 4.69) is 10.4 Å². The van der Waals surface area contributed by atoms with Crippen LogP contribution in [0.3, 0.4) is 0 Å². The maximum Gasteiger partial charge on any atom is 0.270 e. The summed E-state index contributed by atoms with van der Waals surface area (Å²) in [6.07, 6.45) is 6.59. The fourth-order valence-corrected chi connectivity index (χ4v) is 4.40. The third-order valence-electron chi connectivity index (χ3n) is 6.21. The number of carbonyl (C=O) groups is 2. The number of fused-ring (bicyclic) bond motifs is 2. The van der Waals surface area contributed by atoms with Gasteiger partial charge in [-0.15, -0.1) is 0 Å². The van der Waals surface area contributed by atoms with Crippen LogP contribution in [0, 0.1) is 11.7 Å². The fourth-order valence-electron chi connectivity index (χ4n) is 4.40. The van der Waals surface area contributed by atoms with Gasteiger partial charge in [0, 0.05) is 36.5 Å². The number of amides is 2. The maximum absolute atomic E-state index is 13.5. The van der Waals surface area contributed by atoms with Crippen LogP contribution in [0.15, 0.2) is 35.3 Å². The Labute approximate surface area is 200 Å². The first-order valence-electron chi connectivity index (χ1n) is 11.7. The Kier molecular flexibility index (Phi) is 5.66. The Morgan fingerprint density at radius 3 is 2.80 bits per heavy atom. The van der Waals surface area contributed by atoms with Crippen molar-refractivity contribution in [3.63, 3.8) is 0 Å². The van der Waals surface area contributed by atoms with Gasteiger partial charge in [0.05, 0.1) is 6.20 Å². The lowest BCUT2D eigenvalue weighted by molar-refractivity contribution is -0.114. The van der Waals surface area contributed by atoms with Gasteiger partial charge in [0.2, 0.25) is 5.88 Å². The van der Waals surface area contributed by atoms with E-state index >= 15 is 0 Å². The molecule has 5 rings (SSSR count). The molecule has 1 aliphatic carbocycles. The summed E-state index contributed by atoms with van der Waals surface area (Å²) in [5.74, 6) is -1.73. The number of hydrogen-bond acceptors (Lipinski definition) is 5. The Hall–Kier alpha value is -3.95. The highest BCUT2D eigenvalue weighted by Crippen LogP contribution is 2.29. The largest absolute Gasteiger partial charge is 0.492 e. The van der Waals surface area contributed by atoms with Gasteiger partial charge >= 0.3 is 0 Å². The van der Waals surface area contributed by atoms with Crippen LogP contribution in [0.5, 0.6) is 5.88 Å². The van der Waals surface area contributed by atoms with Crippen molar-refractivity contribution in [1.29, 1.82) is 0 Å². The van der Waals surface area contributed by atoms with Crippen molar-refractivity contribution in [1.82, 2.24) is 19.5 Å². The van der Waals surface area contributed by atoms with Crippen LogP contribution in [0.2, 0.25) is 0 Å². The average molecular weight is 480 g/mol. The molecule has 1 aliphatic heterocycles. The molecule has 1 saturated carbocycles. The molecule has 2 aromatic heterocycles. The SMILES string of the molecule is CC(C)Cn1c(=O)c(C(=O)NC2CC2)c(O)n2ncc(C=CC(=O)N3CCc4cc(F)ccc43)c12. The standard InChI is InChI=1S/C25H26FN5O4/c1-14(2)13-30-23-16(3-8-20(32)29-10-9-15-11-17(26)4-7-19(15)29)12-27-31(23)25(35)21(24(30)34)22(33)28-18-5-6-18/h3-4,7-8,11-12,14,18,35H,5-6,9-10,13H2,1-2H3,(H,28,33). The number of carbonyl (C=O) groups excluding carboxylic acids is 2. The first kappa shape index (κ1) is 22.8. The molecule has 35 heavy (non-hydrogen) atoms. The third kappa shape index (κ3) is 4.20. The van der Waals surface area contributed by atoms with Gasteiger partial charge in [0.25, 0.3) is 17.4 Å². The molecule has 1 fully saturated rings. The van der Waals surface area contributed by atoms with Gasteiger partial charge in [0.1, 0.15) is 11.5 Å². The Balaban J connectivity index is 1.53. The van der Waals surface area contributed by atoms with E-state index in [-0.39, 0.29) is 41.4 Å². The predicted octanol–water partition coefficient (Wildman–Crippen LogP) is 2.49. The van der Waals surface area contributed by atoms with Crippen LogP contribution in [0.1, 0.15) is 48.2 Å². The summed E-state index contributed by atoms with van der Waals surface area (Å²) < 4.78 is 16.1. The lowest BCUT2D eigenvalue weighted by Gasteiger charge is -2.16. The molecule has 0 bridgehead atoms. The Bertz CT molecular complexity index is 1430. The summed E-state index contributed by atoms with van der Waals surface area (Å²) in [4.78, 5) is 40.5. The number of nitrogens with one attached hydrogen (secondary N) is 1. The van der Waals surface area contributed by atoms with E-state index in [1.807, 2.05) is 13.8 Å². The van der Waals surface area contributed by atoms with Gasteiger partial charge in [-0.3, -0.25) is 19.0 Å². The summed E-state index contributed by atoms with van der Waals surface area (Å²) >= 11 is 0. The highest BCUT2D eigenvalue weighted by atomic mass is 19.1. The van der Waals surface area contributed by atoms with Gasteiger partial charge in [-0.25, -0.2) is 4.39 Å². The zero-order valence-corrected chi connectivity index (χ0v) is 19.5. The molecule has 3 heterocycles. The lowest BCUT2D eigenvalue weighted by Crippen LogP contribution is -2.36. The monoisotopic (exact) mass is 479 g/mol. The number of aromatic hydroxyl groups is 1. The van der Waals surface area contributed by atoms with Crippen LogP contribution in [0.25, 0.3) is 11.7 Å². The van der Waals surface area contributed by atoms with Crippen LogP contribution < -0.4 is 15.8 Å². The highest BCUT2D eigenvalue weighted by Gasteiger charge is 2.30. The Morgan fingerprint density at radius 1 is 1.31 bits per heavy atom. The zero-order valence-electron chi connectivity index (χ0n) is 19.5. The van der Waals surface area contributed by atoms with E-state index in [1.54, 1.807) is 11.0 Å². The summed E-state index contributed by atoms with van der Waals surface area (Å²) in [7, 11) is 0. The predicted molar refractivity (Wildman–Crippen MR) is 128 cm³/mol. The first-order valence-corrected chi connectivity index (χ1v) is 11.7. The molecule has 0 saturated heterocycles. The second kappa shape index (κ2) is 8.68. The molecular formula is C25H26FN5O4. The van der Waals surface area contributed by atoms with Crippen molar-refractivity contribution >= 4 is 29.2 Å². The minimum atomic E-state index is -0.624. The number of halogens is 1. The van der Waals surface area contributed by atoms with Gasteiger partial charge in [-0.1, -0.05) is 13.8 Å². The van der Waals surface area contributed by atoms with Crippen LogP contribution in [-0.4, -0.2) is 43.7 Å². The topological polar surface area (TPSA) is 109 Å². The van der Waals surface area contributed by atoms with Crippen LogP contribution >= 0.6 is 0 Å². The molecule has 10 heteroatoms. The van der Waals surface area contributed by atoms with Crippen molar-refractivity contribution in [2.75, 3.05) is 11.4 Å². The summed E-state index contributed by atoms with van der Waals surface area (Å²) in [5.41, 5.74) is 1.22. The van der Waals surface area contributed by atoms with E-state index < -0.39 is 17.3 Å². The molecule has 0 radical (unpaired) electrons. The number of aromatic nitrogens is 3. The fraction of sp³-hybridized carbons (Fsp3) is 0.360. The van der Waals surface area contributed by atoms with Gasteiger partial charge in [-0.2, -0.15) is 9.61 Å². The highest BCUT2D eigenvalue weighted by molar-refractivity contribution is 6.05. The Morgan fingerprint density at radius 2 is 2.09 bits per heavy atom. The number of anilines is 1. The summed E-state index contributed by atoms with van der Waals surface area (Å²) in [5, 5.41) is 17.7. The number of rotatable bonds is 6. The van der Waals surface area contributed by atoms with E-state index in [0.29, 0.717) is 24.2 Å². The van der Waals surface area contributed by atoms with Crippen molar-refractivity contribution in [2.24, 2.45) is 5.92 Å². The molecule has 3 aromatic rings. The average Bonchev–Trinajstić information content (AvgIpc) is 3.35. The van der Waals surface area contributed by atoms with Gasteiger partial charge in [-0.05, 0) is 55.0 Å². The second-order valence-corrected chi connectivity index (χ2v) is 9.44. The van der Waals surface area contributed by atoms with Crippen molar-refractivity contribution in [3.8, 4) is 5.88 Å². The van der Waals surface area contributed by atoms with Gasteiger partial charge in [0.15, 0.2) is 5.56 Å². The second-order valence-electron chi connectivity index (χ2n) is 9.44. The van der Waals surface area contributed by atoms with E-state index in [1.165, 1.54) is 35.0 Å². The molecule has 2 N–H and O–H groups in total. The zero-order chi connectivity index (χ0) is 24.9. The first-order chi connectivity index (χ1) is 16.7. The van der Waals surface area contributed by atoms with Crippen LogP contribution in [0.4, 0.5) is 10.1 Å². The van der Waals surface area contributed by atoms with Gasteiger partial charge < -0.3 is 15.3 Å². The van der Waals surface area contributed by atoms with E-state index in [0.717, 1.165) is 22.9 Å². The number of nitrogens with zero attached hydrogens (tertiary/aromatic N) is 4. The molecule has 0 atom stereocenters. The maximum atomic E-state index is 13.5. The minimum Gasteiger partial charge on any atom is -0.492 e. The summed E-state index contributed by atoms with van der Waals surface area (Å²) in [6, 6.07) is 4.36. The molecule has 1 aromatic carbocycles. The molecule has 2 aliphatic rings. The molecule has 9 nitrogen and oxygen atoms in total. The van der Waals surface area contributed by atoms with Crippen molar-refractivity contribution in [3.05, 3.63) is 63.3 Å². The van der Waals surface area contributed by atoms with Crippen molar-refractivity contribution < 1.29 is 19.1 Å². The number of hydrogen-bond donors (Lipinski definition) is 2. The van der Waals surface area contributed by atoms with E-state index in [9.17, 15) is 23.9 Å².